The summed E-state index contributed by atoms with van der Waals surface area (Å²) in [5, 5.41) is 16.0. The molecule has 0 saturated heterocycles. The quantitative estimate of drug-likeness (QED) is 0.106. The number of anilines is 2. The number of nitrogens with two attached hydrogens (primary N) is 1. The highest BCUT2D eigenvalue weighted by Crippen LogP contribution is 2.32. The molecule has 0 aliphatic heterocycles. The molecule has 0 spiro atoms. The Hall–Kier alpha value is -3.64. The van der Waals surface area contributed by atoms with Crippen molar-refractivity contribution in [2.45, 2.75) is 45.0 Å². The zero-order chi connectivity index (χ0) is 30.0. The van der Waals surface area contributed by atoms with E-state index in [2.05, 4.69) is 20.6 Å². The highest BCUT2D eigenvalue weighted by atomic mass is 19.4. The van der Waals surface area contributed by atoms with E-state index in [4.69, 9.17) is 10.8 Å². The Labute approximate surface area is 234 Å². The first kappa shape index (κ1) is 31.9. The zero-order valence-electron chi connectivity index (χ0n) is 22.5. The second-order valence-electron chi connectivity index (χ2n) is 9.72. The fourth-order valence-electron chi connectivity index (χ4n) is 4.06. The number of hydrogen-bond acceptors (Lipinski definition) is 6. The number of halogens is 6. The number of nitrogens with one attached hydrogen (secondary N) is 2. The summed E-state index contributed by atoms with van der Waals surface area (Å²) in [4.78, 5) is 9.13. The molecule has 41 heavy (non-hydrogen) atoms. The van der Waals surface area contributed by atoms with E-state index in [-0.39, 0.29) is 12.5 Å². The minimum Gasteiger partial charge on any atom is -0.405 e. The van der Waals surface area contributed by atoms with Gasteiger partial charge in [-0.15, -0.1) is 0 Å². The lowest BCUT2D eigenvalue weighted by Gasteiger charge is -2.15. The van der Waals surface area contributed by atoms with Gasteiger partial charge in [0.1, 0.15) is 11.6 Å². The Morgan fingerprint density at radius 3 is 2.39 bits per heavy atom. The minimum absolute atomic E-state index is 0.131. The Morgan fingerprint density at radius 2 is 1.76 bits per heavy atom. The maximum absolute atomic E-state index is 13.5. The van der Waals surface area contributed by atoms with E-state index in [1.54, 1.807) is 12.1 Å². The van der Waals surface area contributed by atoms with Gasteiger partial charge in [0.25, 0.3) is 0 Å². The number of allylic oxidation sites excluding steroid dienone is 3. The molecule has 1 aromatic heterocycles. The summed E-state index contributed by atoms with van der Waals surface area (Å²) in [6, 6.07) is 9.14. The van der Waals surface area contributed by atoms with Gasteiger partial charge in [-0.2, -0.15) is 26.3 Å². The van der Waals surface area contributed by atoms with E-state index < -0.39 is 29.9 Å². The van der Waals surface area contributed by atoms with Crippen molar-refractivity contribution >= 4 is 22.4 Å². The minimum atomic E-state index is -4.55. The van der Waals surface area contributed by atoms with E-state index in [0.717, 1.165) is 49.9 Å². The molecule has 3 aromatic rings. The molecule has 1 atom stereocenters. The van der Waals surface area contributed by atoms with Gasteiger partial charge in [-0.05, 0) is 79.5 Å². The van der Waals surface area contributed by atoms with E-state index in [1.807, 2.05) is 6.92 Å². The van der Waals surface area contributed by atoms with Crippen molar-refractivity contribution in [3.8, 4) is 0 Å². The first-order chi connectivity index (χ1) is 19.4. The van der Waals surface area contributed by atoms with Crippen LogP contribution in [0.4, 0.5) is 37.8 Å². The van der Waals surface area contributed by atoms with Crippen molar-refractivity contribution in [2.75, 3.05) is 25.0 Å². The zero-order valence-corrected chi connectivity index (χ0v) is 22.5. The average Bonchev–Trinajstić information content (AvgIpc) is 2.91. The van der Waals surface area contributed by atoms with Crippen molar-refractivity contribution in [2.24, 2.45) is 11.7 Å². The normalized spacial score (nSPS) is 13.7. The molecule has 0 aliphatic rings. The van der Waals surface area contributed by atoms with Gasteiger partial charge in [-0.25, -0.2) is 9.97 Å². The van der Waals surface area contributed by atoms with Crippen molar-refractivity contribution < 1.29 is 31.4 Å². The summed E-state index contributed by atoms with van der Waals surface area (Å²) >= 11 is 0. The van der Waals surface area contributed by atoms with E-state index in [0.29, 0.717) is 46.8 Å². The molecule has 3 rings (SSSR count). The summed E-state index contributed by atoms with van der Waals surface area (Å²) in [6.07, 6.45) is -4.23. The van der Waals surface area contributed by atoms with Crippen LogP contribution in [0.25, 0.3) is 10.9 Å². The summed E-state index contributed by atoms with van der Waals surface area (Å²) in [6.45, 7) is 3.35. The summed E-state index contributed by atoms with van der Waals surface area (Å²) in [7, 11) is 0. The fourth-order valence-corrected chi connectivity index (χ4v) is 4.06. The molecule has 5 N–H and O–H groups in total. The summed E-state index contributed by atoms with van der Waals surface area (Å²) in [5.74, 6) is 0.955. The maximum Gasteiger partial charge on any atom is 0.416 e. The predicted molar refractivity (Wildman–Crippen MR) is 147 cm³/mol. The van der Waals surface area contributed by atoms with Crippen molar-refractivity contribution in [3.05, 3.63) is 83.3 Å². The lowest BCUT2D eigenvalue weighted by Crippen LogP contribution is -2.20. The number of hydrogen-bond donors (Lipinski definition) is 4. The van der Waals surface area contributed by atoms with Crippen LogP contribution in [0.15, 0.2) is 66.4 Å². The molecule has 6 nitrogen and oxygen atoms in total. The largest absolute Gasteiger partial charge is 0.416 e. The molecule has 0 aliphatic carbocycles. The number of fused-ring (bicyclic) bond motifs is 1. The molecule has 0 saturated carbocycles. The van der Waals surface area contributed by atoms with Crippen LogP contribution in [0.5, 0.6) is 0 Å². The van der Waals surface area contributed by atoms with E-state index >= 15 is 0 Å². The standard InChI is InChI=1S/C29H33F6N5O/c1-19(18-41)4-3-14-37-15-12-26-39-25-17-20(16-22(5-2-13-36)29(33,34)35)6-11-24(25)27(40-26)38-23-9-7-21(8-10-23)28(30,31)32/h2,5-11,13,17,19,37,41H,3-4,12,14-16,18,36H2,1H3,(H,38,39,40)/b13-2-,22-5+. The Morgan fingerprint density at radius 1 is 1.02 bits per heavy atom. The molecule has 0 bridgehead atoms. The van der Waals surface area contributed by atoms with Gasteiger partial charge in [-0.1, -0.05) is 19.1 Å². The Balaban J connectivity index is 1.89. The number of aromatic nitrogens is 2. The maximum atomic E-state index is 13.5. The topological polar surface area (TPSA) is 96.1 Å². The monoisotopic (exact) mass is 581 g/mol. The molecule has 0 radical (unpaired) electrons. The SMILES string of the molecule is CC(CO)CCCNCCc1nc(Nc2ccc(C(F)(F)F)cc2)c2ccc(C/C(=C\C=C/N)C(F)(F)F)cc2n1. The number of nitrogens with zero attached hydrogens (tertiary/aromatic N) is 2. The molecule has 1 heterocycles. The van der Waals surface area contributed by atoms with Gasteiger partial charge in [0.2, 0.25) is 0 Å². The second kappa shape index (κ2) is 14.3. The summed E-state index contributed by atoms with van der Waals surface area (Å²) < 4.78 is 79.6. The predicted octanol–water partition coefficient (Wildman–Crippen LogP) is 6.44. The number of rotatable bonds is 13. The van der Waals surface area contributed by atoms with Gasteiger partial charge in [0.15, 0.2) is 0 Å². The first-order valence-electron chi connectivity index (χ1n) is 13.1. The molecule has 2 aromatic carbocycles. The van der Waals surface area contributed by atoms with Crippen LogP contribution in [0.3, 0.4) is 0 Å². The molecule has 222 valence electrons. The van der Waals surface area contributed by atoms with Crippen LogP contribution in [0.2, 0.25) is 0 Å². The summed E-state index contributed by atoms with van der Waals surface area (Å²) in [5.41, 5.74) is 4.77. The number of aliphatic hydroxyl groups excluding tert-OH is 1. The Kier molecular flexibility index (Phi) is 11.1. The van der Waals surface area contributed by atoms with Crippen LogP contribution in [-0.2, 0) is 19.0 Å². The third kappa shape index (κ3) is 9.75. The van der Waals surface area contributed by atoms with Gasteiger partial charge >= 0.3 is 12.4 Å². The molecule has 1 unspecified atom stereocenters. The van der Waals surface area contributed by atoms with Gasteiger partial charge in [0, 0.05) is 42.6 Å². The highest BCUT2D eigenvalue weighted by Gasteiger charge is 2.33. The average molecular weight is 582 g/mol. The smallest absolute Gasteiger partial charge is 0.405 e. The Bertz CT molecular complexity index is 1340. The molecular formula is C29H33F6N5O. The fraction of sp³-hybridized carbons (Fsp3) is 0.379. The van der Waals surface area contributed by atoms with Crippen LogP contribution in [0.1, 0.15) is 36.7 Å². The van der Waals surface area contributed by atoms with Gasteiger partial charge in [-0.3, -0.25) is 0 Å². The van der Waals surface area contributed by atoms with E-state index in [9.17, 15) is 26.3 Å². The van der Waals surface area contributed by atoms with Crippen molar-refractivity contribution in [3.63, 3.8) is 0 Å². The molecule has 0 amide bonds. The molecular weight excluding hydrogens is 548 g/mol. The third-order valence-electron chi connectivity index (χ3n) is 6.34. The highest BCUT2D eigenvalue weighted by molar-refractivity contribution is 5.91. The van der Waals surface area contributed by atoms with Gasteiger partial charge < -0.3 is 21.5 Å². The molecule has 12 heteroatoms. The number of aliphatic hydroxyl groups is 1. The van der Waals surface area contributed by atoms with Crippen LogP contribution in [0, 0.1) is 5.92 Å². The molecule has 0 fully saturated rings. The lowest BCUT2D eigenvalue weighted by atomic mass is 10.0. The van der Waals surface area contributed by atoms with E-state index in [1.165, 1.54) is 18.2 Å². The van der Waals surface area contributed by atoms with Crippen LogP contribution >= 0.6 is 0 Å². The van der Waals surface area contributed by atoms with Crippen molar-refractivity contribution in [1.82, 2.24) is 15.3 Å². The second-order valence-corrected chi connectivity index (χ2v) is 9.72. The van der Waals surface area contributed by atoms with Crippen LogP contribution in [-0.4, -0.2) is 40.9 Å². The van der Waals surface area contributed by atoms with Crippen LogP contribution < -0.4 is 16.4 Å². The first-order valence-corrected chi connectivity index (χ1v) is 13.1. The third-order valence-corrected chi connectivity index (χ3v) is 6.34. The number of benzene rings is 2. The lowest BCUT2D eigenvalue weighted by molar-refractivity contribution is -0.137. The number of alkyl halides is 6. The van der Waals surface area contributed by atoms with Crippen molar-refractivity contribution in [1.29, 1.82) is 0 Å². The van der Waals surface area contributed by atoms with Gasteiger partial charge in [0.05, 0.1) is 11.1 Å².